The Bertz CT molecular complexity index is 653. The molecule has 0 aromatic carbocycles. The fourth-order valence-corrected chi connectivity index (χ4v) is 4.01. The molecule has 16 nitrogen and oxygen atoms in total. The minimum atomic E-state index is -2.36. The third-order valence-corrected chi connectivity index (χ3v) is 6.16. The molecule has 3 fully saturated rings. The Kier molecular flexibility index (Phi) is 9.18. The Labute approximate surface area is 192 Å². The standard InChI is InChI=1S/C18H32O16/c19-1-5-8(22)11(25)13(27)16(31-5)30-3-7-9(23)12(26)14(28)17(32-7)34-18(4-21)15(29)10(24)6(2-20)33-18/h5-17,19-29H,1-4H2/t5?,6-,7?,8-,9-,10+,11-,12-,13?,14?,15+,16+,17-,18-/m0/s1. The van der Waals surface area contributed by atoms with Crippen LogP contribution < -0.4 is 0 Å². The van der Waals surface area contributed by atoms with Gasteiger partial charge in [-0.15, -0.1) is 0 Å². The van der Waals surface area contributed by atoms with Gasteiger partial charge in [-0.1, -0.05) is 0 Å². The van der Waals surface area contributed by atoms with E-state index in [0.29, 0.717) is 0 Å². The summed E-state index contributed by atoms with van der Waals surface area (Å²) >= 11 is 0. The van der Waals surface area contributed by atoms with E-state index in [2.05, 4.69) is 0 Å². The second kappa shape index (κ2) is 11.2. The van der Waals surface area contributed by atoms with E-state index < -0.39 is 112 Å². The van der Waals surface area contributed by atoms with Crippen molar-refractivity contribution in [2.75, 3.05) is 26.4 Å². The zero-order valence-corrected chi connectivity index (χ0v) is 17.8. The smallest absolute Gasteiger partial charge is 0.224 e. The highest BCUT2D eigenvalue weighted by Crippen LogP contribution is 2.36. The second-order valence-electron chi connectivity index (χ2n) is 8.41. The first-order valence-corrected chi connectivity index (χ1v) is 10.6. The van der Waals surface area contributed by atoms with Gasteiger partial charge in [0.25, 0.3) is 0 Å². The van der Waals surface area contributed by atoms with Crippen LogP contribution in [-0.2, 0) is 23.7 Å². The second-order valence-corrected chi connectivity index (χ2v) is 8.41. The van der Waals surface area contributed by atoms with Gasteiger partial charge in [-0.05, 0) is 0 Å². The topological polar surface area (TPSA) is 269 Å². The molecule has 14 atom stereocenters. The van der Waals surface area contributed by atoms with Gasteiger partial charge in [0.2, 0.25) is 5.79 Å². The molecule has 0 aliphatic carbocycles. The van der Waals surface area contributed by atoms with Gasteiger partial charge in [-0.3, -0.25) is 0 Å². The van der Waals surface area contributed by atoms with Crippen LogP contribution in [0.15, 0.2) is 0 Å². The fraction of sp³-hybridized carbons (Fsp3) is 1.00. The van der Waals surface area contributed by atoms with Crippen molar-refractivity contribution in [1.82, 2.24) is 0 Å². The van der Waals surface area contributed by atoms with Crippen LogP contribution in [0.1, 0.15) is 0 Å². The molecule has 0 saturated carbocycles. The van der Waals surface area contributed by atoms with Crippen molar-refractivity contribution in [2.24, 2.45) is 0 Å². The molecule has 0 aromatic heterocycles. The molecule has 16 heteroatoms. The lowest BCUT2D eigenvalue weighted by Gasteiger charge is -2.44. The number of aliphatic hydroxyl groups excluding tert-OH is 11. The van der Waals surface area contributed by atoms with E-state index in [1.807, 2.05) is 0 Å². The van der Waals surface area contributed by atoms with Crippen LogP contribution in [0.5, 0.6) is 0 Å². The van der Waals surface area contributed by atoms with Crippen molar-refractivity contribution < 1.29 is 79.9 Å². The van der Waals surface area contributed by atoms with Crippen LogP contribution in [-0.4, -0.2) is 168 Å². The number of aliphatic hydroxyl groups is 11. The van der Waals surface area contributed by atoms with E-state index in [-0.39, 0.29) is 0 Å². The Morgan fingerprint density at radius 3 is 1.65 bits per heavy atom. The summed E-state index contributed by atoms with van der Waals surface area (Å²) in [6, 6.07) is 0. The molecule has 3 rings (SSSR count). The highest BCUT2D eigenvalue weighted by molar-refractivity contribution is 4.98. The summed E-state index contributed by atoms with van der Waals surface area (Å²) in [4.78, 5) is 0. The maximum atomic E-state index is 10.3. The van der Waals surface area contributed by atoms with E-state index >= 15 is 0 Å². The molecule has 0 amide bonds. The third kappa shape index (κ3) is 5.09. The highest BCUT2D eigenvalue weighted by Gasteiger charge is 2.58. The number of rotatable bonds is 8. The Hall–Kier alpha value is -0.640. The molecule has 0 bridgehead atoms. The van der Waals surface area contributed by atoms with Gasteiger partial charge in [0.05, 0.1) is 19.8 Å². The van der Waals surface area contributed by atoms with Gasteiger partial charge < -0.3 is 79.9 Å². The van der Waals surface area contributed by atoms with Crippen molar-refractivity contribution in [3.05, 3.63) is 0 Å². The average molecular weight is 504 g/mol. The molecule has 4 unspecified atom stereocenters. The molecule has 0 aromatic rings. The monoisotopic (exact) mass is 504 g/mol. The summed E-state index contributed by atoms with van der Waals surface area (Å²) < 4.78 is 26.4. The first-order valence-electron chi connectivity index (χ1n) is 10.6. The summed E-state index contributed by atoms with van der Waals surface area (Å²) in [5.74, 6) is -2.36. The quantitative estimate of drug-likeness (QED) is 0.146. The zero-order valence-electron chi connectivity index (χ0n) is 17.8. The van der Waals surface area contributed by atoms with E-state index in [0.717, 1.165) is 0 Å². The van der Waals surface area contributed by atoms with Crippen LogP contribution in [0.2, 0.25) is 0 Å². The lowest BCUT2D eigenvalue weighted by molar-refractivity contribution is -0.388. The molecule has 3 heterocycles. The number of hydrogen-bond donors (Lipinski definition) is 11. The van der Waals surface area contributed by atoms with Gasteiger partial charge in [0.15, 0.2) is 12.6 Å². The zero-order chi connectivity index (χ0) is 25.4. The van der Waals surface area contributed by atoms with Gasteiger partial charge in [0, 0.05) is 0 Å². The predicted octanol–water partition coefficient (Wildman–Crippen LogP) is -7.57. The molecule has 3 saturated heterocycles. The minimum absolute atomic E-state index is 0.634. The maximum Gasteiger partial charge on any atom is 0.224 e. The number of ether oxygens (including phenoxy) is 5. The van der Waals surface area contributed by atoms with Gasteiger partial charge >= 0.3 is 0 Å². The van der Waals surface area contributed by atoms with E-state index in [1.165, 1.54) is 0 Å². The Balaban J connectivity index is 1.69. The SMILES string of the molecule is OCC1O[C@@H](OCC2O[C@@H](O[C@]3(CO)O[C@@H](CO)[C@@H](O)[C@H]3O)C(O)[C@@H](O)[C@H]2O)C(O)[C@@H](O)[C@H]1O. The summed E-state index contributed by atoms with van der Waals surface area (Å²) in [5.41, 5.74) is 0. The number of hydrogen-bond acceptors (Lipinski definition) is 16. The lowest BCUT2D eigenvalue weighted by atomic mass is 9.98. The first kappa shape index (κ1) is 27.9. The van der Waals surface area contributed by atoms with Crippen molar-refractivity contribution in [1.29, 1.82) is 0 Å². The molecule has 3 aliphatic rings. The van der Waals surface area contributed by atoms with Gasteiger partial charge in [-0.25, -0.2) is 0 Å². The van der Waals surface area contributed by atoms with E-state index in [1.54, 1.807) is 0 Å². The molecule has 0 spiro atoms. The molecule has 0 radical (unpaired) electrons. The average Bonchev–Trinajstić information content (AvgIpc) is 3.08. The largest absolute Gasteiger partial charge is 0.394 e. The summed E-state index contributed by atoms with van der Waals surface area (Å²) in [7, 11) is 0. The maximum absolute atomic E-state index is 10.3. The van der Waals surface area contributed by atoms with Crippen molar-refractivity contribution in [3.8, 4) is 0 Å². The summed E-state index contributed by atoms with van der Waals surface area (Å²) in [5, 5.41) is 109. The van der Waals surface area contributed by atoms with Gasteiger partial charge in [-0.2, -0.15) is 0 Å². The third-order valence-electron chi connectivity index (χ3n) is 6.16. The van der Waals surface area contributed by atoms with Crippen molar-refractivity contribution >= 4 is 0 Å². The minimum Gasteiger partial charge on any atom is -0.394 e. The molecule has 200 valence electrons. The Morgan fingerprint density at radius 1 is 0.588 bits per heavy atom. The summed E-state index contributed by atoms with van der Waals surface area (Å²) in [6.07, 6.45) is -21.8. The normalized spacial score (nSPS) is 52.1. The molecule has 3 aliphatic heterocycles. The summed E-state index contributed by atoms with van der Waals surface area (Å²) in [6.45, 7) is -3.14. The van der Waals surface area contributed by atoms with Crippen LogP contribution in [0, 0.1) is 0 Å². The fourth-order valence-electron chi connectivity index (χ4n) is 4.01. The van der Waals surface area contributed by atoms with Crippen LogP contribution >= 0.6 is 0 Å². The Morgan fingerprint density at radius 2 is 1.12 bits per heavy atom. The van der Waals surface area contributed by atoms with Crippen molar-refractivity contribution in [3.63, 3.8) is 0 Å². The van der Waals surface area contributed by atoms with Crippen LogP contribution in [0.4, 0.5) is 0 Å². The van der Waals surface area contributed by atoms with Crippen LogP contribution in [0.25, 0.3) is 0 Å². The van der Waals surface area contributed by atoms with Crippen molar-refractivity contribution in [2.45, 2.75) is 85.5 Å². The molecular weight excluding hydrogens is 472 g/mol. The van der Waals surface area contributed by atoms with E-state index in [9.17, 15) is 56.2 Å². The lowest BCUT2D eigenvalue weighted by Crippen LogP contribution is -2.63. The highest BCUT2D eigenvalue weighted by atomic mass is 16.8. The van der Waals surface area contributed by atoms with Gasteiger partial charge in [0.1, 0.15) is 73.8 Å². The first-order chi connectivity index (χ1) is 16.0. The molecule has 11 N–H and O–H groups in total. The van der Waals surface area contributed by atoms with E-state index in [4.69, 9.17) is 23.7 Å². The van der Waals surface area contributed by atoms with Crippen LogP contribution in [0.3, 0.4) is 0 Å². The predicted molar refractivity (Wildman–Crippen MR) is 101 cm³/mol. The molecular formula is C18H32O16. The molecule has 34 heavy (non-hydrogen) atoms.